The van der Waals surface area contributed by atoms with E-state index in [-0.39, 0.29) is 5.60 Å². The van der Waals surface area contributed by atoms with Crippen LogP contribution in [-0.4, -0.2) is 24.2 Å². The summed E-state index contributed by atoms with van der Waals surface area (Å²) in [7, 11) is 1.73. The van der Waals surface area contributed by atoms with Crippen molar-refractivity contribution < 1.29 is 4.74 Å². The SMILES string of the molecule is COC(C)(C)CNc1nc2c(C)cccc2s1. The lowest BCUT2D eigenvalue weighted by atomic mass is 10.1. The topological polar surface area (TPSA) is 34.1 Å². The van der Waals surface area contributed by atoms with Crippen molar-refractivity contribution in [2.45, 2.75) is 26.4 Å². The summed E-state index contributed by atoms with van der Waals surface area (Å²) < 4.78 is 6.60. The summed E-state index contributed by atoms with van der Waals surface area (Å²) >= 11 is 1.68. The molecular formula is C13H18N2OS. The first-order valence-electron chi connectivity index (χ1n) is 5.67. The number of para-hydroxylation sites is 1. The fraction of sp³-hybridized carbons (Fsp3) is 0.462. The Hall–Kier alpha value is -1.13. The molecule has 2 aromatic rings. The molecule has 1 aromatic carbocycles. The van der Waals surface area contributed by atoms with Crippen LogP contribution < -0.4 is 5.32 Å². The predicted octanol–water partition coefficient (Wildman–Crippen LogP) is 3.44. The van der Waals surface area contributed by atoms with Crippen molar-refractivity contribution in [3.8, 4) is 0 Å². The maximum Gasteiger partial charge on any atom is 0.183 e. The van der Waals surface area contributed by atoms with Crippen LogP contribution in [0.1, 0.15) is 19.4 Å². The lowest BCUT2D eigenvalue weighted by Gasteiger charge is -2.22. The Bertz CT molecular complexity index is 519. The highest BCUT2D eigenvalue weighted by Gasteiger charge is 2.16. The zero-order valence-electron chi connectivity index (χ0n) is 10.7. The number of methoxy groups -OCH3 is 1. The second-order valence-corrected chi connectivity index (χ2v) is 5.79. The van der Waals surface area contributed by atoms with Gasteiger partial charge in [-0.15, -0.1) is 0 Å². The third-order valence-corrected chi connectivity index (χ3v) is 3.82. The highest BCUT2D eigenvalue weighted by atomic mass is 32.1. The molecule has 0 unspecified atom stereocenters. The van der Waals surface area contributed by atoms with Gasteiger partial charge in [-0.25, -0.2) is 4.98 Å². The Morgan fingerprint density at radius 1 is 1.41 bits per heavy atom. The molecular weight excluding hydrogens is 232 g/mol. The normalized spacial score (nSPS) is 12.0. The summed E-state index contributed by atoms with van der Waals surface area (Å²) in [5, 5.41) is 4.29. The lowest BCUT2D eigenvalue weighted by molar-refractivity contribution is 0.0344. The number of aromatic nitrogens is 1. The van der Waals surface area contributed by atoms with Crippen LogP contribution in [0.2, 0.25) is 0 Å². The standard InChI is InChI=1S/C13H18N2OS/c1-9-6-5-7-10-11(9)15-12(17-10)14-8-13(2,3)16-4/h5-7H,8H2,1-4H3,(H,14,15). The minimum Gasteiger partial charge on any atom is -0.377 e. The summed E-state index contributed by atoms with van der Waals surface area (Å²) in [6, 6.07) is 6.26. The monoisotopic (exact) mass is 250 g/mol. The Morgan fingerprint density at radius 2 is 2.18 bits per heavy atom. The van der Waals surface area contributed by atoms with Gasteiger partial charge in [0.2, 0.25) is 0 Å². The second-order valence-electron chi connectivity index (χ2n) is 4.76. The third kappa shape index (κ3) is 2.76. The summed E-state index contributed by atoms with van der Waals surface area (Å²) in [5.74, 6) is 0. The molecule has 0 spiro atoms. The number of nitrogens with zero attached hydrogens (tertiary/aromatic N) is 1. The van der Waals surface area contributed by atoms with E-state index in [0.29, 0.717) is 0 Å². The molecule has 0 saturated heterocycles. The number of rotatable bonds is 4. The van der Waals surface area contributed by atoms with Gasteiger partial charge >= 0.3 is 0 Å². The average Bonchev–Trinajstić information content (AvgIpc) is 2.71. The molecule has 0 saturated carbocycles. The van der Waals surface area contributed by atoms with Crippen LogP contribution >= 0.6 is 11.3 Å². The molecule has 0 fully saturated rings. The van der Waals surface area contributed by atoms with Crippen molar-refractivity contribution >= 4 is 26.7 Å². The molecule has 0 atom stereocenters. The van der Waals surface area contributed by atoms with E-state index in [1.807, 2.05) is 0 Å². The van der Waals surface area contributed by atoms with Gasteiger partial charge in [-0.2, -0.15) is 0 Å². The van der Waals surface area contributed by atoms with Crippen LogP contribution in [-0.2, 0) is 4.74 Å². The number of anilines is 1. The Labute approximate surface area is 106 Å². The maximum absolute atomic E-state index is 5.37. The van der Waals surface area contributed by atoms with Gasteiger partial charge in [0.05, 0.1) is 15.8 Å². The van der Waals surface area contributed by atoms with Crippen LogP contribution in [0.4, 0.5) is 5.13 Å². The number of hydrogen-bond acceptors (Lipinski definition) is 4. The van der Waals surface area contributed by atoms with E-state index in [9.17, 15) is 0 Å². The number of thiazole rings is 1. The van der Waals surface area contributed by atoms with Crippen LogP contribution in [0, 0.1) is 6.92 Å². The van der Waals surface area contributed by atoms with E-state index < -0.39 is 0 Å². The molecule has 4 heteroatoms. The molecule has 0 bridgehead atoms. The molecule has 17 heavy (non-hydrogen) atoms. The maximum atomic E-state index is 5.37. The van der Waals surface area contributed by atoms with Crippen LogP contribution in [0.25, 0.3) is 10.2 Å². The quantitative estimate of drug-likeness (QED) is 0.902. The van der Waals surface area contributed by atoms with Gasteiger partial charge in [0.1, 0.15) is 0 Å². The molecule has 1 aromatic heterocycles. The van der Waals surface area contributed by atoms with Crippen molar-refractivity contribution in [2.24, 2.45) is 0 Å². The number of ether oxygens (including phenoxy) is 1. The number of aryl methyl sites for hydroxylation is 1. The number of nitrogens with one attached hydrogen (secondary N) is 1. The highest BCUT2D eigenvalue weighted by molar-refractivity contribution is 7.22. The first-order valence-corrected chi connectivity index (χ1v) is 6.49. The Kier molecular flexibility index (Phi) is 3.35. The van der Waals surface area contributed by atoms with E-state index in [2.05, 4.69) is 49.3 Å². The first-order chi connectivity index (χ1) is 8.02. The van der Waals surface area contributed by atoms with Crippen LogP contribution in [0.5, 0.6) is 0 Å². The van der Waals surface area contributed by atoms with E-state index in [1.54, 1.807) is 18.4 Å². The summed E-state index contributed by atoms with van der Waals surface area (Å²) in [6.45, 7) is 6.95. The molecule has 0 aliphatic rings. The summed E-state index contributed by atoms with van der Waals surface area (Å²) in [6.07, 6.45) is 0. The van der Waals surface area contributed by atoms with Gasteiger partial charge in [0.15, 0.2) is 5.13 Å². The Balaban J connectivity index is 2.18. The zero-order chi connectivity index (χ0) is 12.5. The molecule has 0 aliphatic heterocycles. The molecule has 2 rings (SSSR count). The van der Waals surface area contributed by atoms with Gasteiger partial charge in [-0.05, 0) is 32.4 Å². The van der Waals surface area contributed by atoms with Gasteiger partial charge < -0.3 is 10.1 Å². The highest BCUT2D eigenvalue weighted by Crippen LogP contribution is 2.28. The number of fused-ring (bicyclic) bond motifs is 1. The predicted molar refractivity (Wildman–Crippen MR) is 73.9 cm³/mol. The minimum absolute atomic E-state index is 0.174. The molecule has 3 nitrogen and oxygen atoms in total. The molecule has 0 amide bonds. The molecule has 0 radical (unpaired) electrons. The summed E-state index contributed by atoms with van der Waals surface area (Å²) in [4.78, 5) is 4.60. The fourth-order valence-electron chi connectivity index (χ4n) is 1.52. The van der Waals surface area contributed by atoms with Crippen LogP contribution in [0.3, 0.4) is 0 Å². The largest absolute Gasteiger partial charge is 0.377 e. The Morgan fingerprint density at radius 3 is 2.82 bits per heavy atom. The van der Waals surface area contributed by atoms with Gasteiger partial charge in [-0.1, -0.05) is 23.5 Å². The van der Waals surface area contributed by atoms with E-state index in [1.165, 1.54) is 10.3 Å². The molecule has 1 N–H and O–H groups in total. The zero-order valence-corrected chi connectivity index (χ0v) is 11.5. The minimum atomic E-state index is -0.174. The second kappa shape index (κ2) is 4.63. The van der Waals surface area contributed by atoms with Crippen molar-refractivity contribution in [3.63, 3.8) is 0 Å². The van der Waals surface area contributed by atoms with Gasteiger partial charge in [0.25, 0.3) is 0 Å². The molecule has 92 valence electrons. The number of hydrogen-bond donors (Lipinski definition) is 1. The van der Waals surface area contributed by atoms with Gasteiger partial charge in [-0.3, -0.25) is 0 Å². The van der Waals surface area contributed by atoms with Gasteiger partial charge in [0, 0.05) is 13.7 Å². The molecule has 0 aliphatic carbocycles. The average molecular weight is 250 g/mol. The lowest BCUT2D eigenvalue weighted by Crippen LogP contribution is -2.31. The fourth-order valence-corrected chi connectivity index (χ4v) is 2.46. The van der Waals surface area contributed by atoms with Crippen molar-refractivity contribution in [3.05, 3.63) is 23.8 Å². The van der Waals surface area contributed by atoms with Crippen LogP contribution in [0.15, 0.2) is 18.2 Å². The van der Waals surface area contributed by atoms with Crippen molar-refractivity contribution in [1.82, 2.24) is 4.98 Å². The van der Waals surface area contributed by atoms with E-state index in [0.717, 1.165) is 17.2 Å². The summed E-state index contributed by atoms with van der Waals surface area (Å²) in [5.41, 5.74) is 2.14. The first kappa shape index (κ1) is 12.3. The number of benzene rings is 1. The smallest absolute Gasteiger partial charge is 0.183 e. The molecule has 1 heterocycles. The third-order valence-electron chi connectivity index (χ3n) is 2.84. The van der Waals surface area contributed by atoms with E-state index >= 15 is 0 Å². The van der Waals surface area contributed by atoms with E-state index in [4.69, 9.17) is 4.74 Å². The van der Waals surface area contributed by atoms with Crippen molar-refractivity contribution in [1.29, 1.82) is 0 Å². The van der Waals surface area contributed by atoms with Crippen molar-refractivity contribution in [2.75, 3.05) is 19.0 Å².